The predicted molar refractivity (Wildman–Crippen MR) is 83.0 cm³/mol. The zero-order chi connectivity index (χ0) is 14.2. The van der Waals surface area contributed by atoms with E-state index in [1.807, 2.05) is 0 Å². The van der Waals surface area contributed by atoms with E-state index in [1.54, 1.807) is 11.8 Å². The molecule has 0 bridgehead atoms. The summed E-state index contributed by atoms with van der Waals surface area (Å²) in [5.41, 5.74) is 0. The number of hydrogen-bond donors (Lipinski definition) is 1. The van der Waals surface area contributed by atoms with Gasteiger partial charge in [0.2, 0.25) is 5.16 Å². The second-order valence-corrected chi connectivity index (χ2v) is 6.75. The van der Waals surface area contributed by atoms with Crippen molar-refractivity contribution < 1.29 is 0 Å². The highest BCUT2D eigenvalue weighted by Crippen LogP contribution is 2.31. The summed E-state index contributed by atoms with van der Waals surface area (Å²) >= 11 is 1.81. The first-order chi connectivity index (χ1) is 9.81. The van der Waals surface area contributed by atoms with Gasteiger partial charge in [0.25, 0.3) is 0 Å². The Morgan fingerprint density at radius 2 is 2.20 bits per heavy atom. The topological polar surface area (TPSA) is 55.6 Å². The van der Waals surface area contributed by atoms with Crippen molar-refractivity contribution in [3.05, 3.63) is 0 Å². The molecule has 0 aliphatic heterocycles. The lowest BCUT2D eigenvalue weighted by molar-refractivity contribution is 0.423. The third-order valence-electron chi connectivity index (χ3n) is 3.89. The molecule has 1 atom stereocenters. The van der Waals surface area contributed by atoms with Crippen LogP contribution >= 0.6 is 11.8 Å². The van der Waals surface area contributed by atoms with E-state index in [9.17, 15) is 0 Å². The molecular formula is C14H27N5S. The highest BCUT2D eigenvalue weighted by atomic mass is 32.2. The Hall–Kier alpha value is -0.620. The van der Waals surface area contributed by atoms with Crippen LogP contribution in [0.4, 0.5) is 0 Å². The first kappa shape index (κ1) is 15.8. The van der Waals surface area contributed by atoms with Crippen LogP contribution < -0.4 is 5.32 Å². The van der Waals surface area contributed by atoms with Gasteiger partial charge in [-0.3, -0.25) is 0 Å². The SMILES string of the molecule is CCCNC(C)CCCSc1nnnn1C1CCCC1. The van der Waals surface area contributed by atoms with Crippen LogP contribution in [0.1, 0.15) is 64.8 Å². The van der Waals surface area contributed by atoms with Crippen LogP contribution in [0.15, 0.2) is 5.16 Å². The van der Waals surface area contributed by atoms with Gasteiger partial charge in [-0.1, -0.05) is 31.5 Å². The Morgan fingerprint density at radius 1 is 1.40 bits per heavy atom. The Kier molecular flexibility index (Phi) is 6.79. The fourth-order valence-corrected chi connectivity index (χ4v) is 3.61. The lowest BCUT2D eigenvalue weighted by Crippen LogP contribution is -2.26. The maximum absolute atomic E-state index is 4.18. The van der Waals surface area contributed by atoms with Gasteiger partial charge >= 0.3 is 0 Å². The molecule has 6 heteroatoms. The molecule has 1 unspecified atom stereocenters. The number of rotatable bonds is 9. The molecule has 1 saturated carbocycles. The quantitative estimate of drug-likeness (QED) is 0.561. The third-order valence-corrected chi connectivity index (χ3v) is 4.91. The molecule has 20 heavy (non-hydrogen) atoms. The molecule has 0 radical (unpaired) electrons. The van der Waals surface area contributed by atoms with E-state index in [0.29, 0.717) is 12.1 Å². The van der Waals surface area contributed by atoms with Crippen molar-refractivity contribution in [2.24, 2.45) is 0 Å². The summed E-state index contributed by atoms with van der Waals surface area (Å²) in [6.07, 6.45) is 8.73. The molecule has 1 aromatic heterocycles. The molecule has 114 valence electrons. The summed E-state index contributed by atoms with van der Waals surface area (Å²) in [5, 5.41) is 16.7. The average molecular weight is 297 g/mol. The molecule has 1 heterocycles. The van der Waals surface area contributed by atoms with E-state index in [0.717, 1.165) is 17.5 Å². The maximum Gasteiger partial charge on any atom is 0.209 e. The monoisotopic (exact) mass is 297 g/mol. The van der Waals surface area contributed by atoms with E-state index in [2.05, 4.69) is 39.4 Å². The van der Waals surface area contributed by atoms with E-state index in [4.69, 9.17) is 0 Å². The molecule has 1 aliphatic carbocycles. The number of aromatic nitrogens is 4. The van der Waals surface area contributed by atoms with Crippen molar-refractivity contribution in [2.75, 3.05) is 12.3 Å². The number of hydrogen-bond acceptors (Lipinski definition) is 5. The average Bonchev–Trinajstić information content (AvgIpc) is 3.11. The highest BCUT2D eigenvalue weighted by molar-refractivity contribution is 7.99. The summed E-state index contributed by atoms with van der Waals surface area (Å²) < 4.78 is 2.05. The number of nitrogens with one attached hydrogen (secondary N) is 1. The molecular weight excluding hydrogens is 270 g/mol. The lowest BCUT2D eigenvalue weighted by Gasteiger charge is -2.13. The Bertz CT molecular complexity index is 375. The van der Waals surface area contributed by atoms with Gasteiger partial charge in [-0.25, -0.2) is 4.68 Å². The minimum atomic E-state index is 0.539. The van der Waals surface area contributed by atoms with Gasteiger partial charge < -0.3 is 5.32 Å². The van der Waals surface area contributed by atoms with Crippen molar-refractivity contribution in [1.29, 1.82) is 0 Å². The van der Waals surface area contributed by atoms with Crippen LogP contribution in [0.5, 0.6) is 0 Å². The standard InChI is InChI=1S/C14H27N5S/c1-3-10-15-12(2)7-6-11-20-14-16-17-18-19(14)13-8-4-5-9-13/h12-13,15H,3-11H2,1-2H3. The van der Waals surface area contributed by atoms with Crippen molar-refractivity contribution in [3.63, 3.8) is 0 Å². The zero-order valence-electron chi connectivity index (χ0n) is 12.7. The summed E-state index contributed by atoms with van der Waals surface area (Å²) in [4.78, 5) is 0. The summed E-state index contributed by atoms with van der Waals surface area (Å²) in [7, 11) is 0. The largest absolute Gasteiger partial charge is 0.314 e. The van der Waals surface area contributed by atoms with Gasteiger partial charge in [0.15, 0.2) is 0 Å². The van der Waals surface area contributed by atoms with Crippen LogP contribution in [-0.2, 0) is 0 Å². The fraction of sp³-hybridized carbons (Fsp3) is 0.929. The molecule has 1 fully saturated rings. The summed E-state index contributed by atoms with van der Waals surface area (Å²) in [6.45, 7) is 5.59. The van der Waals surface area contributed by atoms with Crippen LogP contribution in [0.2, 0.25) is 0 Å². The molecule has 1 aliphatic rings. The van der Waals surface area contributed by atoms with E-state index < -0.39 is 0 Å². The van der Waals surface area contributed by atoms with Crippen LogP contribution in [0.25, 0.3) is 0 Å². The molecule has 0 saturated heterocycles. The van der Waals surface area contributed by atoms with E-state index in [-0.39, 0.29) is 0 Å². The number of thioether (sulfide) groups is 1. The Balaban J connectivity index is 1.68. The third kappa shape index (κ3) is 4.74. The van der Waals surface area contributed by atoms with Crippen molar-refractivity contribution >= 4 is 11.8 Å². The lowest BCUT2D eigenvalue weighted by atomic mass is 10.2. The van der Waals surface area contributed by atoms with Gasteiger partial charge in [0.05, 0.1) is 6.04 Å². The minimum absolute atomic E-state index is 0.539. The maximum atomic E-state index is 4.18. The molecule has 0 amide bonds. The molecule has 1 N–H and O–H groups in total. The number of tetrazole rings is 1. The Morgan fingerprint density at radius 3 is 2.95 bits per heavy atom. The van der Waals surface area contributed by atoms with Gasteiger partial charge in [0, 0.05) is 11.8 Å². The van der Waals surface area contributed by atoms with E-state index >= 15 is 0 Å². The highest BCUT2D eigenvalue weighted by Gasteiger charge is 2.21. The minimum Gasteiger partial charge on any atom is -0.314 e. The van der Waals surface area contributed by atoms with Crippen molar-refractivity contribution in [3.8, 4) is 0 Å². The van der Waals surface area contributed by atoms with Gasteiger partial charge in [-0.15, -0.1) is 5.10 Å². The molecule has 5 nitrogen and oxygen atoms in total. The van der Waals surface area contributed by atoms with Gasteiger partial charge in [-0.05, 0) is 56.0 Å². The second kappa shape index (κ2) is 8.62. The molecule has 2 rings (SSSR count). The van der Waals surface area contributed by atoms with Crippen LogP contribution in [-0.4, -0.2) is 38.5 Å². The smallest absolute Gasteiger partial charge is 0.209 e. The van der Waals surface area contributed by atoms with Crippen LogP contribution in [0.3, 0.4) is 0 Å². The van der Waals surface area contributed by atoms with Crippen molar-refractivity contribution in [2.45, 2.75) is 76.0 Å². The predicted octanol–water partition coefficient (Wildman–Crippen LogP) is 3.05. The first-order valence-electron chi connectivity index (χ1n) is 7.95. The fourth-order valence-electron chi connectivity index (χ4n) is 2.70. The summed E-state index contributed by atoms with van der Waals surface area (Å²) in [6, 6.07) is 1.15. The molecule has 0 aromatic carbocycles. The first-order valence-corrected chi connectivity index (χ1v) is 8.94. The zero-order valence-corrected chi connectivity index (χ0v) is 13.5. The molecule has 0 spiro atoms. The number of nitrogens with zero attached hydrogens (tertiary/aromatic N) is 4. The van der Waals surface area contributed by atoms with Crippen molar-refractivity contribution in [1.82, 2.24) is 25.5 Å². The second-order valence-electron chi connectivity index (χ2n) is 5.69. The summed E-state index contributed by atoms with van der Waals surface area (Å²) in [5.74, 6) is 1.10. The Labute approximate surface area is 126 Å². The van der Waals surface area contributed by atoms with Gasteiger partial charge in [-0.2, -0.15) is 0 Å². The van der Waals surface area contributed by atoms with E-state index in [1.165, 1.54) is 44.9 Å². The van der Waals surface area contributed by atoms with Crippen LogP contribution in [0, 0.1) is 0 Å². The molecule has 1 aromatic rings. The normalized spacial score (nSPS) is 17.7. The van der Waals surface area contributed by atoms with Gasteiger partial charge in [0.1, 0.15) is 0 Å².